The van der Waals surface area contributed by atoms with Gasteiger partial charge in [0.05, 0.1) is 19.3 Å². The van der Waals surface area contributed by atoms with Crippen LogP contribution in [0.1, 0.15) is 6.92 Å². The Labute approximate surface area is 105 Å². The van der Waals surface area contributed by atoms with Crippen LogP contribution in [0.4, 0.5) is 11.9 Å². The van der Waals surface area contributed by atoms with E-state index in [1.54, 1.807) is 4.90 Å². The number of nitrogens with zero attached hydrogens (tertiary/aromatic N) is 4. The molecular weight excluding hydrogens is 238 g/mol. The summed E-state index contributed by atoms with van der Waals surface area (Å²) in [6.07, 6.45) is -1.56. The summed E-state index contributed by atoms with van der Waals surface area (Å²) in [6, 6.07) is 0.201. The van der Waals surface area contributed by atoms with Crippen molar-refractivity contribution in [3.63, 3.8) is 0 Å². The number of anilines is 2. The first-order valence-electron chi connectivity index (χ1n) is 5.79. The van der Waals surface area contributed by atoms with Crippen molar-refractivity contribution in [2.75, 3.05) is 37.0 Å². The topological polar surface area (TPSA) is 104 Å². The Morgan fingerprint density at radius 3 is 2.50 bits per heavy atom. The zero-order valence-electron chi connectivity index (χ0n) is 10.4. The average molecular weight is 255 g/mol. The standard InChI is InChI=1S/C10H17N5O3/c1-3-11-8-12-9(14-10(13-8)18-2)15-4-6(16)7(17)5-15/h6-7,16-17H,3-5H2,1-2H3,(H,11,12,13,14). The average Bonchev–Trinajstić information content (AvgIpc) is 2.70. The Kier molecular flexibility index (Phi) is 3.78. The molecule has 1 aromatic rings. The fraction of sp³-hybridized carbons (Fsp3) is 0.700. The quantitative estimate of drug-likeness (QED) is 0.620. The Hall–Kier alpha value is -1.67. The molecule has 0 radical (unpaired) electrons. The predicted octanol–water partition coefficient (Wildman–Crippen LogP) is -1.15. The maximum absolute atomic E-state index is 9.52. The molecule has 0 saturated carbocycles. The lowest BCUT2D eigenvalue weighted by molar-refractivity contribution is 0.0572. The molecule has 0 bridgehead atoms. The van der Waals surface area contributed by atoms with Gasteiger partial charge in [-0.1, -0.05) is 0 Å². The fourth-order valence-electron chi connectivity index (χ4n) is 1.75. The zero-order chi connectivity index (χ0) is 13.1. The van der Waals surface area contributed by atoms with E-state index < -0.39 is 12.2 Å². The highest BCUT2D eigenvalue weighted by molar-refractivity contribution is 5.40. The number of hydrogen-bond donors (Lipinski definition) is 3. The molecule has 8 nitrogen and oxygen atoms in total. The molecule has 1 aromatic heterocycles. The fourth-order valence-corrected chi connectivity index (χ4v) is 1.75. The van der Waals surface area contributed by atoms with Gasteiger partial charge in [0.1, 0.15) is 0 Å². The van der Waals surface area contributed by atoms with Crippen LogP contribution in [0.2, 0.25) is 0 Å². The van der Waals surface area contributed by atoms with Crippen LogP contribution in [-0.2, 0) is 0 Å². The van der Waals surface area contributed by atoms with E-state index in [-0.39, 0.29) is 6.01 Å². The molecule has 1 saturated heterocycles. The Bertz CT molecular complexity index is 406. The summed E-state index contributed by atoms with van der Waals surface area (Å²) in [5.74, 6) is 0.795. The summed E-state index contributed by atoms with van der Waals surface area (Å²) >= 11 is 0. The summed E-state index contributed by atoms with van der Waals surface area (Å²) in [4.78, 5) is 14.1. The van der Waals surface area contributed by atoms with Gasteiger partial charge in [-0.05, 0) is 6.92 Å². The number of aliphatic hydroxyl groups is 2. The minimum absolute atomic E-state index is 0.201. The summed E-state index contributed by atoms with van der Waals surface area (Å²) < 4.78 is 5.00. The molecule has 0 amide bonds. The highest BCUT2D eigenvalue weighted by Crippen LogP contribution is 2.19. The summed E-state index contributed by atoms with van der Waals surface area (Å²) in [6.45, 7) is 3.19. The maximum atomic E-state index is 9.52. The molecule has 8 heteroatoms. The summed E-state index contributed by atoms with van der Waals surface area (Å²) in [5, 5.41) is 22.0. The van der Waals surface area contributed by atoms with Crippen molar-refractivity contribution in [3.05, 3.63) is 0 Å². The molecule has 0 spiro atoms. The van der Waals surface area contributed by atoms with E-state index in [0.29, 0.717) is 31.5 Å². The Morgan fingerprint density at radius 2 is 1.94 bits per heavy atom. The zero-order valence-corrected chi connectivity index (χ0v) is 10.4. The van der Waals surface area contributed by atoms with E-state index in [9.17, 15) is 10.2 Å². The highest BCUT2D eigenvalue weighted by Gasteiger charge is 2.31. The Morgan fingerprint density at radius 1 is 1.28 bits per heavy atom. The smallest absolute Gasteiger partial charge is 0.322 e. The minimum atomic E-state index is -0.782. The number of aliphatic hydroxyl groups excluding tert-OH is 2. The third-order valence-corrected chi connectivity index (χ3v) is 2.66. The van der Waals surface area contributed by atoms with Crippen molar-refractivity contribution in [1.82, 2.24) is 15.0 Å². The third-order valence-electron chi connectivity index (χ3n) is 2.66. The second-order valence-electron chi connectivity index (χ2n) is 4.02. The molecule has 2 rings (SSSR count). The highest BCUT2D eigenvalue weighted by atomic mass is 16.5. The normalized spacial score (nSPS) is 23.2. The summed E-state index contributed by atoms with van der Waals surface area (Å²) in [7, 11) is 1.47. The van der Waals surface area contributed by atoms with Gasteiger partial charge in [0, 0.05) is 19.6 Å². The first-order valence-corrected chi connectivity index (χ1v) is 5.79. The van der Waals surface area contributed by atoms with Crippen LogP contribution in [0, 0.1) is 0 Å². The SMILES string of the molecule is CCNc1nc(OC)nc(N2CC(O)C(O)C2)n1. The van der Waals surface area contributed by atoms with Crippen molar-refractivity contribution in [1.29, 1.82) is 0 Å². The molecule has 1 aliphatic rings. The number of methoxy groups -OCH3 is 1. The van der Waals surface area contributed by atoms with Gasteiger partial charge in [-0.3, -0.25) is 0 Å². The van der Waals surface area contributed by atoms with Crippen LogP contribution in [0.15, 0.2) is 0 Å². The summed E-state index contributed by atoms with van der Waals surface area (Å²) in [5.41, 5.74) is 0. The van der Waals surface area contributed by atoms with E-state index in [4.69, 9.17) is 4.74 Å². The van der Waals surface area contributed by atoms with Crippen LogP contribution >= 0.6 is 0 Å². The number of rotatable bonds is 4. The van der Waals surface area contributed by atoms with Crippen LogP contribution < -0.4 is 15.0 Å². The second kappa shape index (κ2) is 5.32. The predicted molar refractivity (Wildman–Crippen MR) is 64.8 cm³/mol. The van der Waals surface area contributed by atoms with Crippen molar-refractivity contribution in [2.24, 2.45) is 0 Å². The molecule has 2 atom stereocenters. The van der Waals surface area contributed by atoms with E-state index in [1.165, 1.54) is 7.11 Å². The van der Waals surface area contributed by atoms with Gasteiger partial charge in [-0.15, -0.1) is 0 Å². The molecule has 1 aliphatic heterocycles. The van der Waals surface area contributed by atoms with E-state index in [0.717, 1.165) is 0 Å². The van der Waals surface area contributed by atoms with Gasteiger partial charge in [-0.2, -0.15) is 15.0 Å². The van der Waals surface area contributed by atoms with Crippen molar-refractivity contribution >= 4 is 11.9 Å². The lowest BCUT2D eigenvalue weighted by atomic mass is 10.3. The monoisotopic (exact) mass is 255 g/mol. The Balaban J connectivity index is 2.24. The minimum Gasteiger partial charge on any atom is -0.467 e. The number of hydrogen-bond acceptors (Lipinski definition) is 8. The molecule has 0 aliphatic carbocycles. The van der Waals surface area contributed by atoms with Crippen LogP contribution in [-0.4, -0.2) is 64.1 Å². The van der Waals surface area contributed by atoms with E-state index in [2.05, 4.69) is 20.3 Å². The second-order valence-corrected chi connectivity index (χ2v) is 4.02. The third kappa shape index (κ3) is 2.59. The molecule has 1 fully saturated rings. The molecule has 3 N–H and O–H groups in total. The first kappa shape index (κ1) is 12.8. The van der Waals surface area contributed by atoms with Crippen molar-refractivity contribution in [3.8, 4) is 6.01 Å². The molecule has 2 heterocycles. The van der Waals surface area contributed by atoms with Gasteiger partial charge in [0.15, 0.2) is 0 Å². The molecule has 2 unspecified atom stereocenters. The van der Waals surface area contributed by atoms with Crippen LogP contribution in [0.25, 0.3) is 0 Å². The van der Waals surface area contributed by atoms with Gasteiger partial charge >= 0.3 is 6.01 Å². The number of nitrogens with one attached hydrogen (secondary N) is 1. The van der Waals surface area contributed by atoms with Crippen molar-refractivity contribution in [2.45, 2.75) is 19.1 Å². The maximum Gasteiger partial charge on any atom is 0.322 e. The van der Waals surface area contributed by atoms with Gasteiger partial charge in [0.2, 0.25) is 11.9 Å². The van der Waals surface area contributed by atoms with Gasteiger partial charge in [0.25, 0.3) is 0 Å². The molecule has 100 valence electrons. The lowest BCUT2D eigenvalue weighted by Crippen LogP contribution is -2.24. The number of ether oxygens (including phenoxy) is 1. The first-order chi connectivity index (χ1) is 8.63. The van der Waals surface area contributed by atoms with Crippen LogP contribution in [0.5, 0.6) is 6.01 Å². The van der Waals surface area contributed by atoms with Crippen molar-refractivity contribution < 1.29 is 14.9 Å². The number of β-amino-alcohol motifs (C(OH)–C–C–N with tert-alkyl or cyclic N) is 2. The molecule has 18 heavy (non-hydrogen) atoms. The van der Waals surface area contributed by atoms with Gasteiger partial charge in [-0.25, -0.2) is 0 Å². The lowest BCUT2D eigenvalue weighted by Gasteiger charge is -2.16. The molecular formula is C10H17N5O3. The number of aromatic nitrogens is 3. The van der Waals surface area contributed by atoms with Crippen LogP contribution in [0.3, 0.4) is 0 Å². The van der Waals surface area contributed by atoms with E-state index >= 15 is 0 Å². The van der Waals surface area contributed by atoms with E-state index in [1.807, 2.05) is 6.92 Å². The van der Waals surface area contributed by atoms with Gasteiger partial charge < -0.3 is 25.2 Å². The largest absolute Gasteiger partial charge is 0.467 e. The molecule has 0 aromatic carbocycles.